The summed E-state index contributed by atoms with van der Waals surface area (Å²) in [4.78, 5) is 11.5. The van der Waals surface area contributed by atoms with Crippen molar-refractivity contribution < 1.29 is 9.53 Å². The third-order valence-corrected chi connectivity index (χ3v) is 5.33. The van der Waals surface area contributed by atoms with Gasteiger partial charge in [0.2, 0.25) is 0 Å². The Kier molecular flexibility index (Phi) is 2.91. The van der Waals surface area contributed by atoms with E-state index < -0.39 is 0 Å². The molecule has 2 nitrogen and oxygen atoms in total. The molecule has 0 saturated heterocycles. The van der Waals surface area contributed by atoms with Gasteiger partial charge >= 0.3 is 5.97 Å². The molecule has 1 aliphatic rings. The van der Waals surface area contributed by atoms with Crippen LogP contribution in [-0.4, -0.2) is 17.8 Å². The molecule has 1 fully saturated rings. The van der Waals surface area contributed by atoms with Crippen LogP contribution in [0, 0.1) is 0 Å². The maximum Gasteiger partial charge on any atom is 0.322 e. The van der Waals surface area contributed by atoms with Crippen LogP contribution in [0.3, 0.4) is 0 Å². The quantitative estimate of drug-likeness (QED) is 0.800. The van der Waals surface area contributed by atoms with Gasteiger partial charge in [0.25, 0.3) is 0 Å². The number of esters is 1. The molecule has 5 heteroatoms. The first-order chi connectivity index (χ1) is 6.66. The Morgan fingerprint density at radius 3 is 2.79 bits per heavy atom. The molecule has 76 valence electrons. The zero-order valence-electron chi connectivity index (χ0n) is 7.58. The van der Waals surface area contributed by atoms with E-state index in [2.05, 4.69) is 15.9 Å². The minimum atomic E-state index is -0.279. The molecule has 2 rings (SSSR count). The second-order valence-corrected chi connectivity index (χ2v) is 7.29. The van der Waals surface area contributed by atoms with E-state index >= 15 is 0 Å². The maximum atomic E-state index is 11.5. The molecule has 0 atom stereocenters. The molecule has 0 spiro atoms. The van der Waals surface area contributed by atoms with Gasteiger partial charge in [-0.15, -0.1) is 11.3 Å². The Hall–Kier alpha value is -0.0000000000000000833. The van der Waals surface area contributed by atoms with E-state index in [9.17, 15) is 4.79 Å². The van der Waals surface area contributed by atoms with Crippen molar-refractivity contribution in [3.05, 3.63) is 15.9 Å². The second-order valence-electron chi connectivity index (χ2n) is 3.15. The van der Waals surface area contributed by atoms with Gasteiger partial charge in [0.15, 0.2) is 0 Å². The minimum absolute atomic E-state index is 0.0907. The monoisotopic (exact) mass is 292 g/mol. The minimum Gasteiger partial charge on any atom is -0.468 e. The summed E-state index contributed by atoms with van der Waals surface area (Å²) in [5.74, 6) is -0.0907. The molecule has 14 heavy (non-hydrogen) atoms. The lowest BCUT2D eigenvalue weighted by atomic mass is 10.4. The summed E-state index contributed by atoms with van der Waals surface area (Å²) < 4.78 is 6.78. The standard InChI is InChI=1S/C9H9BrO2S2/c1-12-8(11)9(4-5-9)14-7-3-2-6(10)13-7/h2-3H,4-5H2,1H3. The van der Waals surface area contributed by atoms with E-state index in [0.717, 1.165) is 16.6 Å². The van der Waals surface area contributed by atoms with Gasteiger partial charge in [-0.05, 0) is 40.9 Å². The van der Waals surface area contributed by atoms with Crippen LogP contribution in [0.5, 0.6) is 0 Å². The number of thioether (sulfide) groups is 1. The summed E-state index contributed by atoms with van der Waals surface area (Å²) in [6, 6.07) is 4.03. The van der Waals surface area contributed by atoms with Crippen LogP contribution < -0.4 is 0 Å². The lowest BCUT2D eigenvalue weighted by molar-refractivity contribution is -0.140. The van der Waals surface area contributed by atoms with Gasteiger partial charge in [0, 0.05) is 0 Å². The number of carbonyl (C=O) groups is 1. The van der Waals surface area contributed by atoms with Crippen molar-refractivity contribution in [2.24, 2.45) is 0 Å². The highest BCUT2D eigenvalue weighted by atomic mass is 79.9. The largest absolute Gasteiger partial charge is 0.468 e. The van der Waals surface area contributed by atoms with Crippen molar-refractivity contribution in [1.29, 1.82) is 0 Å². The van der Waals surface area contributed by atoms with Crippen LogP contribution in [0.15, 0.2) is 20.1 Å². The fourth-order valence-electron chi connectivity index (χ4n) is 1.19. The number of thiophene rings is 1. The Balaban J connectivity index is 2.07. The molecule has 0 bridgehead atoms. The van der Waals surface area contributed by atoms with Gasteiger partial charge in [-0.2, -0.15) is 0 Å². The lowest BCUT2D eigenvalue weighted by Gasteiger charge is -2.09. The van der Waals surface area contributed by atoms with Gasteiger partial charge in [-0.25, -0.2) is 0 Å². The molecular formula is C9H9BrO2S2. The number of rotatable bonds is 3. The lowest BCUT2D eigenvalue weighted by Crippen LogP contribution is -2.19. The summed E-state index contributed by atoms with van der Waals surface area (Å²) in [6.45, 7) is 0. The third-order valence-electron chi connectivity index (χ3n) is 2.11. The van der Waals surface area contributed by atoms with Crippen molar-refractivity contribution in [3.63, 3.8) is 0 Å². The Bertz CT molecular complexity index is 357. The number of methoxy groups -OCH3 is 1. The number of ether oxygens (including phenoxy) is 1. The van der Waals surface area contributed by atoms with Crippen LogP contribution in [-0.2, 0) is 9.53 Å². The first-order valence-corrected chi connectivity index (χ1v) is 6.62. The Labute approximate surface area is 99.2 Å². The molecule has 1 heterocycles. The number of hydrogen-bond donors (Lipinski definition) is 0. The van der Waals surface area contributed by atoms with Crippen LogP contribution in [0.4, 0.5) is 0 Å². The van der Waals surface area contributed by atoms with Crippen molar-refractivity contribution in [2.75, 3.05) is 7.11 Å². The van der Waals surface area contributed by atoms with Crippen LogP contribution in [0.1, 0.15) is 12.8 Å². The summed E-state index contributed by atoms with van der Waals surface area (Å²) in [5.41, 5.74) is 0. The first-order valence-electron chi connectivity index (χ1n) is 4.19. The Morgan fingerprint density at radius 1 is 1.64 bits per heavy atom. The third kappa shape index (κ3) is 1.99. The van der Waals surface area contributed by atoms with Crippen LogP contribution >= 0.6 is 39.0 Å². The van der Waals surface area contributed by atoms with E-state index in [1.807, 2.05) is 12.1 Å². The average molecular weight is 293 g/mol. The van der Waals surface area contributed by atoms with Crippen molar-refractivity contribution in [1.82, 2.24) is 0 Å². The molecule has 0 N–H and O–H groups in total. The van der Waals surface area contributed by atoms with Gasteiger partial charge in [-0.1, -0.05) is 11.8 Å². The smallest absolute Gasteiger partial charge is 0.322 e. The SMILES string of the molecule is COC(=O)C1(Sc2ccc(Br)s2)CC1. The molecule has 1 aromatic rings. The number of hydrogen-bond acceptors (Lipinski definition) is 4. The molecule has 0 aromatic carbocycles. The Morgan fingerprint density at radius 2 is 2.36 bits per heavy atom. The summed E-state index contributed by atoms with van der Waals surface area (Å²) in [5, 5.41) is 0. The zero-order valence-corrected chi connectivity index (χ0v) is 10.8. The second kappa shape index (κ2) is 3.87. The zero-order chi connectivity index (χ0) is 10.2. The first kappa shape index (κ1) is 10.5. The fourth-order valence-corrected chi connectivity index (χ4v) is 4.54. The van der Waals surface area contributed by atoms with Gasteiger partial charge < -0.3 is 4.74 Å². The van der Waals surface area contributed by atoms with Gasteiger partial charge in [0.05, 0.1) is 15.1 Å². The molecule has 1 saturated carbocycles. The topological polar surface area (TPSA) is 26.3 Å². The normalized spacial score (nSPS) is 17.9. The molecule has 1 aliphatic carbocycles. The summed E-state index contributed by atoms with van der Waals surface area (Å²) in [6.07, 6.45) is 1.86. The summed E-state index contributed by atoms with van der Waals surface area (Å²) in [7, 11) is 1.45. The van der Waals surface area contributed by atoms with E-state index in [4.69, 9.17) is 4.74 Å². The van der Waals surface area contributed by atoms with E-state index in [1.54, 1.807) is 23.1 Å². The molecule has 0 unspecified atom stereocenters. The summed E-state index contributed by atoms with van der Waals surface area (Å²) >= 11 is 6.68. The van der Waals surface area contributed by atoms with E-state index in [0.29, 0.717) is 0 Å². The molecular weight excluding hydrogens is 284 g/mol. The van der Waals surface area contributed by atoms with Crippen molar-refractivity contribution >= 4 is 45.0 Å². The highest BCUT2D eigenvalue weighted by molar-refractivity contribution is 9.11. The molecule has 0 radical (unpaired) electrons. The molecule has 1 aromatic heterocycles. The highest BCUT2D eigenvalue weighted by Crippen LogP contribution is 2.54. The number of carbonyl (C=O) groups excluding carboxylic acids is 1. The van der Waals surface area contributed by atoms with Crippen molar-refractivity contribution in [3.8, 4) is 0 Å². The van der Waals surface area contributed by atoms with Gasteiger partial charge in [-0.3, -0.25) is 4.79 Å². The predicted molar refractivity (Wildman–Crippen MR) is 61.9 cm³/mol. The fraction of sp³-hybridized carbons (Fsp3) is 0.444. The number of halogens is 1. The highest BCUT2D eigenvalue weighted by Gasteiger charge is 2.52. The average Bonchev–Trinajstić information content (AvgIpc) is 2.84. The van der Waals surface area contributed by atoms with Crippen molar-refractivity contribution in [2.45, 2.75) is 21.8 Å². The van der Waals surface area contributed by atoms with Crippen LogP contribution in [0.2, 0.25) is 0 Å². The van der Waals surface area contributed by atoms with E-state index in [-0.39, 0.29) is 10.7 Å². The van der Waals surface area contributed by atoms with Crippen LogP contribution in [0.25, 0.3) is 0 Å². The van der Waals surface area contributed by atoms with Gasteiger partial charge in [0.1, 0.15) is 4.75 Å². The van der Waals surface area contributed by atoms with E-state index in [1.165, 1.54) is 11.3 Å². The predicted octanol–water partition coefficient (Wildman–Crippen LogP) is 3.31. The maximum absolute atomic E-state index is 11.5. The molecule has 0 amide bonds. The molecule has 0 aliphatic heterocycles.